The predicted octanol–water partition coefficient (Wildman–Crippen LogP) is 6.94. The van der Waals surface area contributed by atoms with E-state index in [0.29, 0.717) is 24.2 Å². The highest BCUT2D eigenvalue weighted by molar-refractivity contribution is 5.96. The van der Waals surface area contributed by atoms with Crippen molar-refractivity contribution in [3.63, 3.8) is 0 Å². The van der Waals surface area contributed by atoms with Gasteiger partial charge < -0.3 is 10.0 Å². The third kappa shape index (κ3) is 6.08. The number of carboxylic acid groups (broad SMARTS) is 1. The van der Waals surface area contributed by atoms with Gasteiger partial charge in [0.05, 0.1) is 5.56 Å². The molecule has 0 aromatic heterocycles. The Kier molecular flexibility index (Phi) is 7.96. The average Bonchev–Trinajstić information content (AvgIpc) is 2.90. The largest absolute Gasteiger partial charge is 0.478 e. The van der Waals surface area contributed by atoms with Gasteiger partial charge in [0, 0.05) is 18.7 Å². The Morgan fingerprint density at radius 1 is 0.750 bits per heavy atom. The minimum atomic E-state index is -0.946. The highest BCUT2D eigenvalue weighted by Gasteiger charge is 2.17. The maximum absolute atomic E-state index is 13.5. The van der Waals surface area contributed by atoms with Crippen LogP contribution >= 0.6 is 0 Å². The van der Waals surface area contributed by atoms with E-state index in [1.54, 1.807) is 12.1 Å². The smallest absolute Gasteiger partial charge is 0.336 e. The summed E-state index contributed by atoms with van der Waals surface area (Å²) < 4.78 is 0. The Labute approximate surface area is 212 Å². The van der Waals surface area contributed by atoms with Crippen molar-refractivity contribution in [2.45, 2.75) is 33.2 Å². The summed E-state index contributed by atoms with van der Waals surface area (Å²) in [6, 6.07) is 31.0. The molecule has 0 aliphatic heterocycles. The van der Waals surface area contributed by atoms with Crippen LogP contribution in [0.1, 0.15) is 49.4 Å². The molecule has 0 spiro atoms. The monoisotopic (exact) mass is 477 g/mol. The molecule has 4 nitrogen and oxygen atoms in total. The van der Waals surface area contributed by atoms with Gasteiger partial charge in [0.2, 0.25) is 0 Å². The van der Waals surface area contributed by atoms with Gasteiger partial charge in [-0.15, -0.1) is 0 Å². The fourth-order valence-corrected chi connectivity index (χ4v) is 4.36. The molecule has 1 N–H and O–H groups in total. The first-order valence-electron chi connectivity index (χ1n) is 12.2. The molecule has 0 fully saturated rings. The Morgan fingerprint density at radius 2 is 1.44 bits per heavy atom. The summed E-state index contributed by atoms with van der Waals surface area (Å²) in [6.45, 7) is 5.20. The maximum Gasteiger partial charge on any atom is 0.336 e. The van der Waals surface area contributed by atoms with Gasteiger partial charge >= 0.3 is 5.97 Å². The summed E-state index contributed by atoms with van der Waals surface area (Å²) in [5.74, 6) is -0.926. The second-order valence-corrected chi connectivity index (χ2v) is 9.16. The Morgan fingerprint density at radius 3 is 2.14 bits per heavy atom. The first-order valence-corrected chi connectivity index (χ1v) is 12.2. The van der Waals surface area contributed by atoms with Crippen molar-refractivity contribution in [3.8, 4) is 11.1 Å². The summed E-state index contributed by atoms with van der Waals surface area (Å²) in [5.41, 5.74) is 7.03. The number of benzene rings is 4. The van der Waals surface area contributed by atoms with Crippen LogP contribution in [0.15, 0.2) is 97.1 Å². The summed E-state index contributed by atoms with van der Waals surface area (Å²) in [4.78, 5) is 27.1. The van der Waals surface area contributed by atoms with E-state index in [-0.39, 0.29) is 11.5 Å². The number of carbonyl (C=O) groups excluding carboxylic acids is 1. The van der Waals surface area contributed by atoms with Crippen LogP contribution in [0.2, 0.25) is 0 Å². The minimum Gasteiger partial charge on any atom is -0.478 e. The van der Waals surface area contributed by atoms with Crippen LogP contribution in [0.4, 0.5) is 0 Å². The van der Waals surface area contributed by atoms with Crippen LogP contribution in [0.3, 0.4) is 0 Å². The van der Waals surface area contributed by atoms with Gasteiger partial charge in [0.15, 0.2) is 0 Å². The van der Waals surface area contributed by atoms with Gasteiger partial charge in [-0.1, -0.05) is 78.9 Å². The molecule has 0 aliphatic carbocycles. The first kappa shape index (κ1) is 24.9. The van der Waals surface area contributed by atoms with Crippen molar-refractivity contribution in [2.75, 3.05) is 6.54 Å². The number of hydrogen-bond acceptors (Lipinski definition) is 2. The molecule has 0 saturated heterocycles. The van der Waals surface area contributed by atoms with Crippen LogP contribution in [0.25, 0.3) is 11.1 Å². The molecule has 4 aromatic carbocycles. The number of nitrogens with zero attached hydrogens (tertiary/aromatic N) is 1. The Hall–Kier alpha value is -4.18. The van der Waals surface area contributed by atoms with Crippen LogP contribution in [-0.4, -0.2) is 28.4 Å². The van der Waals surface area contributed by atoms with Gasteiger partial charge in [0.1, 0.15) is 0 Å². The molecule has 4 rings (SSSR count). The number of amides is 1. The zero-order chi connectivity index (χ0) is 25.5. The van der Waals surface area contributed by atoms with Gasteiger partial charge in [-0.2, -0.15) is 0 Å². The third-order valence-corrected chi connectivity index (χ3v) is 6.57. The van der Waals surface area contributed by atoms with Crippen LogP contribution in [0.5, 0.6) is 0 Å². The highest BCUT2D eigenvalue weighted by atomic mass is 16.4. The van der Waals surface area contributed by atoms with E-state index >= 15 is 0 Å². The molecule has 4 aromatic rings. The standard InChI is InChI=1S/C32H31NO3/c1-23-14-17-28(21-24(23)2)31(34)33(20-8-11-25-9-4-3-5-10-25)22-26-15-18-27(19-16-26)29-12-6-7-13-30(29)32(35)36/h3-7,9-10,12-19,21H,8,11,20,22H2,1-2H3,(H,35,36). The van der Waals surface area contributed by atoms with E-state index in [0.717, 1.165) is 29.5 Å². The molecule has 0 bridgehead atoms. The number of aromatic carboxylic acids is 1. The molecule has 0 unspecified atom stereocenters. The van der Waals surface area contributed by atoms with Gasteiger partial charge in [-0.3, -0.25) is 4.79 Å². The maximum atomic E-state index is 13.5. The van der Waals surface area contributed by atoms with E-state index in [1.807, 2.05) is 91.5 Å². The van der Waals surface area contributed by atoms with Crippen LogP contribution in [-0.2, 0) is 13.0 Å². The first-order chi connectivity index (χ1) is 17.4. The van der Waals surface area contributed by atoms with Gasteiger partial charge in [-0.05, 0) is 78.3 Å². The number of carbonyl (C=O) groups is 2. The van der Waals surface area contributed by atoms with Crippen molar-refractivity contribution in [1.82, 2.24) is 4.90 Å². The minimum absolute atomic E-state index is 0.0199. The average molecular weight is 478 g/mol. The fourth-order valence-electron chi connectivity index (χ4n) is 4.36. The van der Waals surface area contributed by atoms with Gasteiger partial charge in [-0.25, -0.2) is 4.79 Å². The third-order valence-electron chi connectivity index (χ3n) is 6.57. The van der Waals surface area contributed by atoms with E-state index in [1.165, 1.54) is 11.1 Å². The molecule has 0 radical (unpaired) electrons. The molecule has 0 heterocycles. The van der Waals surface area contributed by atoms with Crippen molar-refractivity contribution in [2.24, 2.45) is 0 Å². The predicted molar refractivity (Wildman–Crippen MR) is 144 cm³/mol. The molecule has 0 atom stereocenters. The Balaban J connectivity index is 1.54. The normalized spacial score (nSPS) is 10.7. The van der Waals surface area contributed by atoms with E-state index < -0.39 is 5.97 Å². The molecule has 182 valence electrons. The lowest BCUT2D eigenvalue weighted by atomic mass is 9.98. The Bertz CT molecular complexity index is 1340. The topological polar surface area (TPSA) is 57.6 Å². The number of carboxylic acids is 1. The molecule has 1 amide bonds. The van der Waals surface area contributed by atoms with E-state index in [9.17, 15) is 14.7 Å². The van der Waals surface area contributed by atoms with Crippen molar-refractivity contribution in [1.29, 1.82) is 0 Å². The van der Waals surface area contributed by atoms with Gasteiger partial charge in [0.25, 0.3) is 5.91 Å². The van der Waals surface area contributed by atoms with Crippen LogP contribution < -0.4 is 0 Å². The van der Waals surface area contributed by atoms with E-state index in [4.69, 9.17) is 0 Å². The number of aryl methyl sites for hydroxylation is 3. The van der Waals surface area contributed by atoms with Crippen molar-refractivity contribution < 1.29 is 14.7 Å². The van der Waals surface area contributed by atoms with Crippen molar-refractivity contribution >= 4 is 11.9 Å². The quantitative estimate of drug-likeness (QED) is 0.284. The summed E-state index contributed by atoms with van der Waals surface area (Å²) in [6.07, 6.45) is 1.77. The summed E-state index contributed by atoms with van der Waals surface area (Å²) in [5, 5.41) is 9.53. The zero-order valence-electron chi connectivity index (χ0n) is 20.8. The lowest BCUT2D eigenvalue weighted by Gasteiger charge is -2.24. The van der Waals surface area contributed by atoms with E-state index in [2.05, 4.69) is 12.1 Å². The lowest BCUT2D eigenvalue weighted by molar-refractivity contribution is 0.0696. The molecule has 0 aliphatic rings. The second-order valence-electron chi connectivity index (χ2n) is 9.16. The highest BCUT2D eigenvalue weighted by Crippen LogP contribution is 2.25. The molecular formula is C32H31NO3. The molecular weight excluding hydrogens is 446 g/mol. The second kappa shape index (κ2) is 11.5. The lowest BCUT2D eigenvalue weighted by Crippen LogP contribution is -2.32. The van der Waals surface area contributed by atoms with Crippen LogP contribution in [0, 0.1) is 13.8 Å². The molecule has 36 heavy (non-hydrogen) atoms. The number of hydrogen-bond donors (Lipinski definition) is 1. The zero-order valence-corrected chi connectivity index (χ0v) is 20.8. The summed E-state index contributed by atoms with van der Waals surface area (Å²) in [7, 11) is 0. The molecule has 0 saturated carbocycles. The molecule has 4 heteroatoms. The summed E-state index contributed by atoms with van der Waals surface area (Å²) >= 11 is 0. The van der Waals surface area contributed by atoms with Crippen molar-refractivity contribution in [3.05, 3.63) is 130 Å². The number of rotatable bonds is 9. The SMILES string of the molecule is Cc1ccc(C(=O)N(CCCc2ccccc2)Cc2ccc(-c3ccccc3C(=O)O)cc2)cc1C. The fraction of sp³-hybridized carbons (Fsp3) is 0.188.